The van der Waals surface area contributed by atoms with Gasteiger partial charge in [0.15, 0.2) is 0 Å². The first-order valence-electron chi connectivity index (χ1n) is 15.4. The molecule has 0 spiro atoms. The normalized spacial score (nSPS) is 16.3. The van der Waals surface area contributed by atoms with Crippen LogP contribution in [0.1, 0.15) is 45.9 Å². The summed E-state index contributed by atoms with van der Waals surface area (Å²) in [7, 11) is 4.34. The second-order valence-corrected chi connectivity index (χ2v) is 14.8. The first-order valence-corrected chi connectivity index (χ1v) is 18.2. The predicted octanol–water partition coefficient (Wildman–Crippen LogP) is 8.02. The van der Waals surface area contributed by atoms with Crippen molar-refractivity contribution in [3.05, 3.63) is 103 Å². The number of rotatable bonds is 4. The van der Waals surface area contributed by atoms with Gasteiger partial charge in [-0.05, 0) is 60.8 Å². The summed E-state index contributed by atoms with van der Waals surface area (Å²) >= 11 is 9.76. The van der Waals surface area contributed by atoms with Crippen molar-refractivity contribution in [3.8, 4) is 0 Å². The summed E-state index contributed by atoms with van der Waals surface area (Å²) in [5.74, 6) is -0.401. The maximum absolute atomic E-state index is 12.5. The van der Waals surface area contributed by atoms with Crippen LogP contribution in [-0.2, 0) is 45.4 Å². The Kier molecular flexibility index (Phi) is 14.2. The third-order valence-electron chi connectivity index (χ3n) is 7.75. The zero-order valence-electron chi connectivity index (χ0n) is 27.8. The van der Waals surface area contributed by atoms with E-state index in [1.165, 1.54) is 32.5 Å². The van der Waals surface area contributed by atoms with E-state index in [9.17, 15) is 19.2 Å². The molecule has 4 amide bonds. The molecule has 0 saturated heterocycles. The van der Waals surface area contributed by atoms with Crippen molar-refractivity contribution >= 4 is 93.1 Å². The number of nitrogens with one attached hydrogen (secondary N) is 2. The molecule has 0 fully saturated rings. The number of thiophene rings is 2. The Labute approximate surface area is 314 Å². The summed E-state index contributed by atoms with van der Waals surface area (Å²) in [6.07, 6.45) is -0.974. The monoisotopic (exact) mass is 796 g/mol. The van der Waals surface area contributed by atoms with E-state index < -0.39 is 24.3 Å². The number of ether oxygens (including phenoxy) is 2. The zero-order valence-corrected chi connectivity index (χ0v) is 32.0. The molecule has 2 aliphatic rings. The second kappa shape index (κ2) is 18.3. The van der Waals surface area contributed by atoms with E-state index in [1.54, 1.807) is 13.8 Å². The van der Waals surface area contributed by atoms with Crippen LogP contribution in [0.25, 0.3) is 0 Å². The molecule has 261 valence electrons. The van der Waals surface area contributed by atoms with E-state index in [0.29, 0.717) is 13.1 Å². The third kappa shape index (κ3) is 10.1. The molecule has 2 aromatic heterocycles. The number of hydrogen-bond acceptors (Lipinski definition) is 10. The summed E-state index contributed by atoms with van der Waals surface area (Å²) < 4.78 is 14.4. The van der Waals surface area contributed by atoms with Gasteiger partial charge in [0.25, 0.3) is 0 Å². The van der Waals surface area contributed by atoms with E-state index in [0.717, 1.165) is 46.5 Å². The summed E-state index contributed by atoms with van der Waals surface area (Å²) in [6, 6.07) is 19.8. The van der Waals surface area contributed by atoms with Crippen LogP contribution >= 0.6 is 51.4 Å². The van der Waals surface area contributed by atoms with Crippen LogP contribution in [0.2, 0.25) is 0 Å². The number of thiol groups is 1. The van der Waals surface area contributed by atoms with Crippen molar-refractivity contribution in [1.82, 2.24) is 9.80 Å². The van der Waals surface area contributed by atoms with Gasteiger partial charge in [0.1, 0.15) is 35.3 Å². The molecule has 0 unspecified atom stereocenters. The molecule has 4 heterocycles. The SMILES string of the molecule is Cc1cc2c(s1)NC(=O)[C@H](C)N(C(=O)OCc1ccccc1)C2.Cc1sc2c(c1Br)CN(C(=O)OCc1ccccc1)[C@@H](C)C(=O)N2.[B]=NS. The predicted molar refractivity (Wildman–Crippen MR) is 204 cm³/mol. The zero-order chi connectivity index (χ0) is 36.4. The number of anilines is 2. The van der Waals surface area contributed by atoms with Crippen molar-refractivity contribution in [1.29, 1.82) is 0 Å². The Hall–Kier alpha value is -3.99. The van der Waals surface area contributed by atoms with Crippen LogP contribution < -0.4 is 10.6 Å². The number of fused-ring (bicyclic) bond motifs is 2. The number of hydrogen-bond donors (Lipinski definition) is 3. The molecule has 6 rings (SSSR count). The molecule has 1 radical (unpaired) electrons. The van der Waals surface area contributed by atoms with Gasteiger partial charge in [-0.25, -0.2) is 9.59 Å². The number of amides is 4. The van der Waals surface area contributed by atoms with Gasteiger partial charge >= 0.3 is 36.9 Å². The minimum absolute atomic E-state index is 0.182. The van der Waals surface area contributed by atoms with E-state index in [4.69, 9.17) is 9.47 Å². The van der Waals surface area contributed by atoms with Crippen LogP contribution in [0.3, 0.4) is 0 Å². The molecule has 50 heavy (non-hydrogen) atoms. The van der Waals surface area contributed by atoms with Gasteiger partial charge in [0.2, 0.25) is 11.8 Å². The van der Waals surface area contributed by atoms with Crippen LogP contribution in [-0.4, -0.2) is 53.5 Å². The summed E-state index contributed by atoms with van der Waals surface area (Å²) in [5, 5.41) is 7.38. The van der Waals surface area contributed by atoms with Crippen LogP contribution in [0.15, 0.2) is 75.5 Å². The van der Waals surface area contributed by atoms with Gasteiger partial charge < -0.3 is 20.1 Å². The van der Waals surface area contributed by atoms with Crippen molar-refractivity contribution in [3.63, 3.8) is 0 Å². The number of carbonyl (C=O) groups is 4. The topological polar surface area (TPSA) is 130 Å². The Bertz CT molecular complexity index is 1820. The molecule has 11 nitrogen and oxygen atoms in total. The molecule has 0 aliphatic carbocycles. The van der Waals surface area contributed by atoms with Crippen LogP contribution in [0, 0.1) is 13.8 Å². The van der Waals surface area contributed by atoms with Crippen LogP contribution in [0.4, 0.5) is 19.6 Å². The van der Waals surface area contributed by atoms with Gasteiger partial charge in [-0.15, -0.1) is 22.7 Å². The summed E-state index contributed by atoms with van der Waals surface area (Å²) in [4.78, 5) is 54.6. The van der Waals surface area contributed by atoms with Gasteiger partial charge in [0, 0.05) is 25.4 Å². The number of halogens is 1. The molecule has 2 aliphatic heterocycles. The minimum atomic E-state index is -0.597. The van der Waals surface area contributed by atoms with Gasteiger partial charge in [0.05, 0.1) is 13.1 Å². The Balaban J connectivity index is 0.000000209. The van der Waals surface area contributed by atoms with Gasteiger partial charge in [-0.2, -0.15) is 0 Å². The van der Waals surface area contributed by atoms with Crippen molar-refractivity contribution in [2.75, 3.05) is 10.6 Å². The Morgan fingerprint density at radius 2 is 1.32 bits per heavy atom. The van der Waals surface area contributed by atoms with Crippen molar-refractivity contribution in [2.45, 2.75) is 66.1 Å². The molecule has 2 N–H and O–H groups in total. The van der Waals surface area contributed by atoms with Gasteiger partial charge in [-0.1, -0.05) is 60.7 Å². The fourth-order valence-electron chi connectivity index (χ4n) is 5.00. The first kappa shape index (κ1) is 38.8. The second-order valence-electron chi connectivity index (χ2n) is 11.3. The molecular weight excluding hydrogens is 761 g/mol. The van der Waals surface area contributed by atoms with Crippen molar-refractivity contribution < 1.29 is 28.7 Å². The Morgan fingerprint density at radius 3 is 1.82 bits per heavy atom. The fraction of sp³-hybridized carbons (Fsp3) is 0.294. The number of nitrogens with zero attached hydrogens (tertiary/aromatic N) is 3. The fourth-order valence-corrected chi connectivity index (χ4v) is 7.58. The molecule has 16 heteroatoms. The van der Waals surface area contributed by atoms with E-state index in [-0.39, 0.29) is 25.0 Å². The maximum atomic E-state index is 12.5. The van der Waals surface area contributed by atoms with Crippen LogP contribution in [0.5, 0.6) is 0 Å². The number of carbonyl (C=O) groups excluding carboxylic acids is 4. The average molecular weight is 798 g/mol. The third-order valence-corrected chi connectivity index (χ3v) is 11.2. The molecule has 4 aromatic rings. The van der Waals surface area contributed by atoms with Gasteiger partial charge in [-0.3, -0.25) is 19.4 Å². The van der Waals surface area contributed by atoms with E-state index in [1.807, 2.05) is 80.6 Å². The van der Waals surface area contributed by atoms with Crippen molar-refractivity contribution in [2.24, 2.45) is 4.30 Å². The number of benzene rings is 2. The molecule has 2 atom stereocenters. The summed E-state index contributed by atoms with van der Waals surface area (Å²) in [6.45, 7) is 8.44. The number of aryl methyl sites for hydroxylation is 2. The molecular formula is C34H36BBrN5O6S3. The molecule has 2 aromatic carbocycles. The molecule has 0 bridgehead atoms. The Morgan fingerprint density at radius 1 is 0.860 bits per heavy atom. The first-order chi connectivity index (χ1) is 23.9. The van der Waals surface area contributed by atoms with E-state index in [2.05, 4.69) is 51.3 Å². The quantitative estimate of drug-likeness (QED) is 0.142. The standard InChI is InChI=1S/C17H17BrN2O3S.C17H18N2O3S.BHNS/c1-10-15(21)19-16-13(14(18)11(2)24-16)8-20(10)17(22)23-9-12-6-4-3-5-7-12;1-11-8-14-9-19(12(2)15(20)18-16(14)23-11)17(21)22-10-13-6-4-3-5-7-13;1-2-3/h3-7,10H,8-9H2,1-2H3,(H,19,21);3-8,12H,9-10H2,1-2H3,(H,18,20);3H/t10-;12-;/m00./s1. The summed E-state index contributed by atoms with van der Waals surface area (Å²) in [5.41, 5.74) is 3.68. The van der Waals surface area contributed by atoms with E-state index >= 15 is 0 Å². The molecule has 0 saturated carbocycles. The average Bonchev–Trinajstić information content (AvgIpc) is 3.50.